The van der Waals surface area contributed by atoms with Crippen molar-refractivity contribution in [2.45, 2.75) is 12.8 Å². The minimum Gasteiger partial charge on any atom is -0.497 e. The second-order valence-corrected chi connectivity index (χ2v) is 6.93. The highest BCUT2D eigenvalue weighted by molar-refractivity contribution is 6.23. The Hall–Kier alpha value is -2.10. The Balaban J connectivity index is 1.53. The maximum absolute atomic E-state index is 12.9. The Morgan fingerprint density at radius 2 is 1.55 bits per heavy atom. The molecule has 2 amide bonds. The lowest BCUT2D eigenvalue weighted by molar-refractivity contribution is -0.123. The average Bonchev–Trinajstić information content (AvgIpc) is 3.13. The van der Waals surface area contributed by atoms with E-state index in [1.165, 1.54) is 17.7 Å². The van der Waals surface area contributed by atoms with Gasteiger partial charge in [-0.3, -0.25) is 14.5 Å². The van der Waals surface area contributed by atoms with E-state index in [1.807, 2.05) is 0 Å². The zero-order chi connectivity index (χ0) is 15.1. The van der Waals surface area contributed by atoms with Crippen LogP contribution in [0.2, 0.25) is 0 Å². The molecule has 1 aromatic carbocycles. The van der Waals surface area contributed by atoms with Crippen LogP contribution in [0.1, 0.15) is 12.8 Å². The van der Waals surface area contributed by atoms with E-state index < -0.39 is 0 Å². The summed E-state index contributed by atoms with van der Waals surface area (Å²) in [5.41, 5.74) is 0.918. The molecule has 1 aliphatic heterocycles. The molecular weight excluding hydrogens is 278 g/mol. The summed E-state index contributed by atoms with van der Waals surface area (Å²) in [6, 6.07) is 7.16. The third kappa shape index (κ3) is 1.25. The van der Waals surface area contributed by atoms with Crippen LogP contribution in [0.25, 0.3) is 0 Å². The van der Waals surface area contributed by atoms with E-state index >= 15 is 0 Å². The van der Waals surface area contributed by atoms with Gasteiger partial charge in [-0.25, -0.2) is 0 Å². The van der Waals surface area contributed by atoms with E-state index in [-0.39, 0.29) is 40.9 Å². The molecule has 4 heteroatoms. The topological polar surface area (TPSA) is 46.6 Å². The number of anilines is 1. The fraction of sp³-hybridized carbons (Fsp3) is 0.444. The van der Waals surface area contributed by atoms with Gasteiger partial charge in [0.2, 0.25) is 11.8 Å². The van der Waals surface area contributed by atoms with Crippen molar-refractivity contribution in [2.24, 2.45) is 29.1 Å². The first-order chi connectivity index (χ1) is 10.7. The maximum Gasteiger partial charge on any atom is 0.238 e. The van der Waals surface area contributed by atoms with Crippen LogP contribution in [0.15, 0.2) is 36.4 Å². The van der Waals surface area contributed by atoms with Crippen LogP contribution in [-0.4, -0.2) is 18.9 Å². The third-order valence-electron chi connectivity index (χ3n) is 6.18. The Labute approximate surface area is 128 Å². The molecular formula is C18H17NO3. The Kier molecular flexibility index (Phi) is 2.15. The van der Waals surface area contributed by atoms with Gasteiger partial charge in [0.15, 0.2) is 0 Å². The summed E-state index contributed by atoms with van der Waals surface area (Å²) >= 11 is 0. The van der Waals surface area contributed by atoms with Crippen molar-refractivity contribution >= 4 is 17.5 Å². The SMILES string of the molecule is COc1ccc(N2C(=O)[C@@H]3[C@H](C2=O)[C@@H]2C=C[C@H]3C23CC3)cc1. The van der Waals surface area contributed by atoms with Gasteiger partial charge in [0.05, 0.1) is 24.6 Å². The van der Waals surface area contributed by atoms with Crippen LogP contribution in [0.3, 0.4) is 0 Å². The first kappa shape index (κ1) is 12.4. The number of hydrogen-bond donors (Lipinski definition) is 0. The predicted octanol–water partition coefficient (Wildman–Crippen LogP) is 2.40. The number of imide groups is 1. The molecule has 2 saturated carbocycles. The van der Waals surface area contributed by atoms with Crippen LogP contribution in [0, 0.1) is 29.1 Å². The van der Waals surface area contributed by atoms with Crippen molar-refractivity contribution in [2.75, 3.05) is 12.0 Å². The number of amides is 2. The lowest BCUT2D eigenvalue weighted by atomic mass is 9.85. The quantitative estimate of drug-likeness (QED) is 0.622. The molecule has 4 aliphatic rings. The van der Waals surface area contributed by atoms with Gasteiger partial charge in [-0.15, -0.1) is 0 Å². The van der Waals surface area contributed by atoms with Gasteiger partial charge in [0.25, 0.3) is 0 Å². The highest BCUT2D eigenvalue weighted by Gasteiger charge is 2.73. The van der Waals surface area contributed by atoms with Gasteiger partial charge in [0.1, 0.15) is 5.75 Å². The van der Waals surface area contributed by atoms with Gasteiger partial charge in [0, 0.05) is 0 Å². The van der Waals surface area contributed by atoms with Gasteiger partial charge < -0.3 is 4.74 Å². The second kappa shape index (κ2) is 3.80. The van der Waals surface area contributed by atoms with Crippen molar-refractivity contribution < 1.29 is 14.3 Å². The molecule has 112 valence electrons. The summed E-state index contributed by atoms with van der Waals surface area (Å²) < 4.78 is 5.14. The Bertz CT molecular complexity index is 682. The summed E-state index contributed by atoms with van der Waals surface area (Å²) in [7, 11) is 1.60. The van der Waals surface area contributed by atoms with Crippen molar-refractivity contribution in [1.82, 2.24) is 0 Å². The van der Waals surface area contributed by atoms with Crippen LogP contribution in [0.4, 0.5) is 5.69 Å². The standard InChI is InChI=1S/C18H17NO3/c1-22-11-4-2-10(3-5-11)19-16(20)14-12-6-7-13(15(14)17(19)21)18(12)8-9-18/h2-7,12-15H,8-9H2,1H3/t12-,13+,14+,15-. The van der Waals surface area contributed by atoms with E-state index in [2.05, 4.69) is 12.2 Å². The lowest BCUT2D eigenvalue weighted by Gasteiger charge is -2.21. The lowest BCUT2D eigenvalue weighted by Crippen LogP contribution is -2.34. The van der Waals surface area contributed by atoms with E-state index in [9.17, 15) is 9.59 Å². The van der Waals surface area contributed by atoms with Gasteiger partial charge in [-0.05, 0) is 54.4 Å². The van der Waals surface area contributed by atoms with Crippen LogP contribution < -0.4 is 9.64 Å². The summed E-state index contributed by atoms with van der Waals surface area (Å²) in [6.07, 6.45) is 6.74. The summed E-state index contributed by atoms with van der Waals surface area (Å²) in [6.45, 7) is 0. The molecule has 22 heavy (non-hydrogen) atoms. The van der Waals surface area contributed by atoms with E-state index in [0.717, 1.165) is 5.75 Å². The normalized spacial score (nSPS) is 36.3. The van der Waals surface area contributed by atoms with E-state index in [1.54, 1.807) is 31.4 Å². The number of rotatable bonds is 2. The summed E-state index contributed by atoms with van der Waals surface area (Å²) in [5, 5.41) is 0. The van der Waals surface area contributed by atoms with Gasteiger partial charge in [-0.2, -0.15) is 0 Å². The maximum atomic E-state index is 12.9. The Morgan fingerprint density at radius 3 is 2.00 bits per heavy atom. The molecule has 4 atom stereocenters. The predicted molar refractivity (Wildman–Crippen MR) is 80.3 cm³/mol. The number of carbonyl (C=O) groups excluding carboxylic acids is 2. The first-order valence-corrected chi connectivity index (χ1v) is 7.87. The number of methoxy groups -OCH3 is 1. The molecule has 1 aromatic rings. The fourth-order valence-electron chi connectivity index (χ4n) is 5.06. The molecule has 1 saturated heterocycles. The van der Waals surface area contributed by atoms with E-state index in [0.29, 0.717) is 5.69 Å². The van der Waals surface area contributed by atoms with Gasteiger partial charge >= 0.3 is 0 Å². The molecule has 1 spiro atoms. The largest absolute Gasteiger partial charge is 0.497 e. The zero-order valence-corrected chi connectivity index (χ0v) is 12.4. The van der Waals surface area contributed by atoms with Crippen LogP contribution in [0.5, 0.6) is 5.75 Å². The number of nitrogens with zero attached hydrogens (tertiary/aromatic N) is 1. The molecule has 3 fully saturated rings. The molecule has 3 aliphatic carbocycles. The van der Waals surface area contributed by atoms with Crippen molar-refractivity contribution in [3.8, 4) is 5.75 Å². The minimum absolute atomic E-state index is 0.0108. The molecule has 0 radical (unpaired) electrons. The Morgan fingerprint density at radius 1 is 1.00 bits per heavy atom. The molecule has 5 rings (SSSR count). The van der Waals surface area contributed by atoms with Crippen molar-refractivity contribution in [1.29, 1.82) is 0 Å². The highest BCUT2D eigenvalue weighted by Crippen LogP contribution is 2.73. The molecule has 0 aromatic heterocycles. The number of carbonyl (C=O) groups is 2. The van der Waals surface area contributed by atoms with Crippen molar-refractivity contribution in [3.05, 3.63) is 36.4 Å². The molecule has 4 nitrogen and oxygen atoms in total. The van der Waals surface area contributed by atoms with Gasteiger partial charge in [-0.1, -0.05) is 12.2 Å². The number of allylic oxidation sites excluding steroid dienone is 2. The monoisotopic (exact) mass is 295 g/mol. The van der Waals surface area contributed by atoms with Crippen molar-refractivity contribution in [3.63, 3.8) is 0 Å². The third-order valence-corrected chi connectivity index (χ3v) is 6.18. The molecule has 0 unspecified atom stereocenters. The smallest absolute Gasteiger partial charge is 0.238 e. The highest BCUT2D eigenvalue weighted by atomic mass is 16.5. The molecule has 0 N–H and O–H groups in total. The average molecular weight is 295 g/mol. The number of fused-ring (bicyclic) bond motifs is 3. The number of benzene rings is 1. The fourth-order valence-corrected chi connectivity index (χ4v) is 5.06. The second-order valence-electron chi connectivity index (χ2n) is 6.93. The zero-order valence-electron chi connectivity index (χ0n) is 12.4. The van der Waals surface area contributed by atoms with Crippen LogP contribution in [-0.2, 0) is 9.59 Å². The van der Waals surface area contributed by atoms with Crippen LogP contribution >= 0.6 is 0 Å². The summed E-state index contributed by atoms with van der Waals surface area (Å²) in [4.78, 5) is 27.2. The first-order valence-electron chi connectivity index (χ1n) is 7.87. The number of ether oxygens (including phenoxy) is 1. The molecule has 2 bridgehead atoms. The van der Waals surface area contributed by atoms with E-state index in [4.69, 9.17) is 4.74 Å². The molecule has 1 heterocycles. The summed E-state index contributed by atoms with van der Waals surface area (Å²) in [5.74, 6) is 0.997. The number of hydrogen-bond acceptors (Lipinski definition) is 3. The minimum atomic E-state index is -0.132.